The van der Waals surface area contributed by atoms with Crippen molar-refractivity contribution in [3.8, 4) is 5.75 Å². The lowest BCUT2D eigenvalue weighted by molar-refractivity contribution is 0.0921. The van der Waals surface area contributed by atoms with E-state index in [1.165, 1.54) is 6.33 Å². The molecule has 0 radical (unpaired) electrons. The molecule has 1 aliphatic heterocycles. The molecule has 0 amide bonds. The van der Waals surface area contributed by atoms with Crippen molar-refractivity contribution in [1.82, 2.24) is 15.0 Å². The highest BCUT2D eigenvalue weighted by molar-refractivity contribution is 6.13. The van der Waals surface area contributed by atoms with Crippen molar-refractivity contribution in [2.24, 2.45) is 0 Å². The first-order valence-corrected chi connectivity index (χ1v) is 10.1. The lowest BCUT2D eigenvalue weighted by Gasteiger charge is -2.26. The van der Waals surface area contributed by atoms with Gasteiger partial charge in [-0.2, -0.15) is 0 Å². The SMILES string of the molecule is COC[C@H](C)Oc1ccc(N)c(C(=N)c2cc(N3CCc4oc(C)nc4C3)ncn2)c1. The third-order valence-electron chi connectivity index (χ3n) is 5.10. The van der Waals surface area contributed by atoms with Crippen molar-refractivity contribution in [3.63, 3.8) is 0 Å². The maximum Gasteiger partial charge on any atom is 0.191 e. The van der Waals surface area contributed by atoms with Gasteiger partial charge in [0, 0.05) is 44.3 Å². The number of fused-ring (bicyclic) bond motifs is 1. The largest absolute Gasteiger partial charge is 0.488 e. The Morgan fingerprint density at radius 2 is 2.16 bits per heavy atom. The summed E-state index contributed by atoms with van der Waals surface area (Å²) in [6.07, 6.45) is 2.12. The minimum atomic E-state index is -0.120. The van der Waals surface area contributed by atoms with Crippen molar-refractivity contribution in [2.75, 3.05) is 30.9 Å². The predicted molar refractivity (Wildman–Crippen MR) is 117 cm³/mol. The molecule has 1 aliphatic rings. The first kappa shape index (κ1) is 20.8. The highest BCUT2D eigenvalue weighted by atomic mass is 16.5. The average Bonchev–Trinajstić information content (AvgIpc) is 3.14. The van der Waals surface area contributed by atoms with Crippen molar-refractivity contribution in [1.29, 1.82) is 5.41 Å². The number of ether oxygens (including phenoxy) is 2. The van der Waals surface area contributed by atoms with E-state index < -0.39 is 0 Å². The van der Waals surface area contributed by atoms with Gasteiger partial charge >= 0.3 is 0 Å². The second kappa shape index (κ2) is 8.73. The van der Waals surface area contributed by atoms with Gasteiger partial charge in [0.15, 0.2) is 5.89 Å². The molecule has 0 spiro atoms. The lowest BCUT2D eigenvalue weighted by atomic mass is 10.0. The summed E-state index contributed by atoms with van der Waals surface area (Å²) in [4.78, 5) is 15.3. The number of nitrogen functional groups attached to an aromatic ring is 1. The molecule has 1 atom stereocenters. The maximum atomic E-state index is 8.71. The highest BCUT2D eigenvalue weighted by Gasteiger charge is 2.23. The van der Waals surface area contributed by atoms with E-state index in [1.54, 1.807) is 31.4 Å². The molecule has 0 aliphatic carbocycles. The molecule has 0 unspecified atom stereocenters. The summed E-state index contributed by atoms with van der Waals surface area (Å²) in [5.74, 6) is 2.97. The van der Waals surface area contributed by atoms with E-state index in [4.69, 9.17) is 25.0 Å². The van der Waals surface area contributed by atoms with E-state index in [2.05, 4.69) is 19.9 Å². The zero-order valence-corrected chi connectivity index (χ0v) is 17.9. The number of anilines is 2. The van der Waals surface area contributed by atoms with Gasteiger partial charge in [0.25, 0.3) is 0 Å². The van der Waals surface area contributed by atoms with Crippen LogP contribution in [0.15, 0.2) is 35.0 Å². The van der Waals surface area contributed by atoms with E-state index >= 15 is 0 Å². The van der Waals surface area contributed by atoms with E-state index in [1.807, 2.05) is 13.8 Å². The predicted octanol–water partition coefficient (Wildman–Crippen LogP) is 2.75. The number of nitrogens with zero attached hydrogens (tertiary/aromatic N) is 4. The van der Waals surface area contributed by atoms with Gasteiger partial charge in [-0.1, -0.05) is 0 Å². The van der Waals surface area contributed by atoms with Crippen molar-refractivity contribution >= 4 is 17.2 Å². The number of hydrogen-bond donors (Lipinski definition) is 2. The molecule has 1 aromatic carbocycles. The van der Waals surface area contributed by atoms with Crippen LogP contribution in [-0.4, -0.2) is 47.0 Å². The van der Waals surface area contributed by atoms with Crippen molar-refractivity contribution < 1.29 is 13.9 Å². The van der Waals surface area contributed by atoms with Crippen LogP contribution in [0.5, 0.6) is 5.75 Å². The fourth-order valence-electron chi connectivity index (χ4n) is 3.64. The molecule has 3 aromatic rings. The quantitative estimate of drug-likeness (QED) is 0.440. The second-order valence-corrected chi connectivity index (χ2v) is 7.54. The molecule has 3 heterocycles. The topological polar surface area (TPSA) is 123 Å². The molecular formula is C22H26N6O3. The molecule has 0 fully saturated rings. The Bertz CT molecular complexity index is 1100. The summed E-state index contributed by atoms with van der Waals surface area (Å²) in [6.45, 7) is 5.61. The van der Waals surface area contributed by atoms with Gasteiger partial charge in [-0.05, 0) is 25.1 Å². The van der Waals surface area contributed by atoms with E-state index in [-0.39, 0.29) is 11.8 Å². The summed E-state index contributed by atoms with van der Waals surface area (Å²) in [7, 11) is 1.63. The number of rotatable bonds is 7. The van der Waals surface area contributed by atoms with Gasteiger partial charge in [0.2, 0.25) is 0 Å². The number of benzene rings is 1. The number of nitrogens with one attached hydrogen (secondary N) is 1. The molecule has 3 N–H and O–H groups in total. The van der Waals surface area contributed by atoms with Crippen molar-refractivity contribution in [2.45, 2.75) is 32.9 Å². The molecule has 0 saturated heterocycles. The number of methoxy groups -OCH3 is 1. The zero-order chi connectivity index (χ0) is 22.0. The van der Waals surface area contributed by atoms with Gasteiger partial charge in [-0.25, -0.2) is 15.0 Å². The highest BCUT2D eigenvalue weighted by Crippen LogP contribution is 2.26. The van der Waals surface area contributed by atoms with Crippen molar-refractivity contribution in [3.05, 3.63) is 59.2 Å². The van der Waals surface area contributed by atoms with Crippen LogP contribution in [0.2, 0.25) is 0 Å². The molecule has 4 rings (SSSR count). The summed E-state index contributed by atoms with van der Waals surface area (Å²) in [5.41, 5.74) is 8.82. The Morgan fingerprint density at radius 1 is 1.32 bits per heavy atom. The monoisotopic (exact) mass is 422 g/mol. The fourth-order valence-corrected chi connectivity index (χ4v) is 3.64. The van der Waals surface area contributed by atoms with Crippen LogP contribution in [0.25, 0.3) is 0 Å². The van der Waals surface area contributed by atoms with Gasteiger partial charge in [0.1, 0.15) is 35.5 Å². The summed E-state index contributed by atoms with van der Waals surface area (Å²) >= 11 is 0. The molecular weight excluding hydrogens is 396 g/mol. The van der Waals surface area contributed by atoms with Gasteiger partial charge in [-0.3, -0.25) is 5.41 Å². The lowest BCUT2D eigenvalue weighted by Crippen LogP contribution is -2.31. The summed E-state index contributed by atoms with van der Waals surface area (Å²) in [5, 5.41) is 8.71. The molecule has 31 heavy (non-hydrogen) atoms. The van der Waals surface area contributed by atoms with Gasteiger partial charge < -0.3 is 24.5 Å². The third-order valence-corrected chi connectivity index (χ3v) is 5.10. The van der Waals surface area contributed by atoms with Gasteiger partial charge in [0.05, 0.1) is 24.6 Å². The molecule has 162 valence electrons. The number of nitrogens with two attached hydrogens (primary N) is 1. The Hall–Kier alpha value is -3.46. The Kier molecular flexibility index (Phi) is 5.85. The standard InChI is InChI=1S/C22H26N6O3/c1-13(11-29-3)30-15-4-5-17(23)16(8-15)22(24)18-9-21(26-12-25-18)28-7-6-20-19(10-28)27-14(2)31-20/h4-5,8-9,12-13,24H,6-7,10-11,23H2,1-3H3/t13-/m0/s1. The van der Waals surface area contributed by atoms with Crippen LogP contribution in [0, 0.1) is 12.3 Å². The Labute approximate surface area is 180 Å². The normalized spacial score (nSPS) is 14.2. The van der Waals surface area contributed by atoms with E-state index in [9.17, 15) is 0 Å². The van der Waals surface area contributed by atoms with E-state index in [0.717, 1.165) is 30.2 Å². The van der Waals surface area contributed by atoms with E-state index in [0.29, 0.717) is 41.7 Å². The number of aryl methyl sites for hydroxylation is 1. The molecule has 9 nitrogen and oxygen atoms in total. The Morgan fingerprint density at radius 3 is 2.97 bits per heavy atom. The molecule has 0 bridgehead atoms. The van der Waals surface area contributed by atoms with Crippen LogP contribution in [-0.2, 0) is 17.7 Å². The smallest absolute Gasteiger partial charge is 0.191 e. The minimum Gasteiger partial charge on any atom is -0.488 e. The first-order chi connectivity index (χ1) is 14.9. The van der Waals surface area contributed by atoms with Crippen LogP contribution < -0.4 is 15.4 Å². The maximum absolute atomic E-state index is 8.71. The second-order valence-electron chi connectivity index (χ2n) is 7.54. The number of aromatic nitrogens is 3. The first-order valence-electron chi connectivity index (χ1n) is 10.1. The minimum absolute atomic E-state index is 0.120. The number of hydrogen-bond acceptors (Lipinski definition) is 9. The molecule has 2 aromatic heterocycles. The zero-order valence-electron chi connectivity index (χ0n) is 17.9. The van der Waals surface area contributed by atoms with Gasteiger partial charge in [-0.15, -0.1) is 0 Å². The fraction of sp³-hybridized carbons (Fsp3) is 0.364. The van der Waals surface area contributed by atoms with Crippen LogP contribution in [0.1, 0.15) is 35.5 Å². The Balaban J connectivity index is 1.56. The summed E-state index contributed by atoms with van der Waals surface area (Å²) < 4.78 is 16.6. The third kappa shape index (κ3) is 4.51. The number of oxazole rings is 1. The average molecular weight is 422 g/mol. The van der Waals surface area contributed by atoms with Crippen LogP contribution in [0.4, 0.5) is 11.5 Å². The summed E-state index contributed by atoms with van der Waals surface area (Å²) in [6, 6.07) is 7.09. The molecule has 9 heteroatoms. The van der Waals surface area contributed by atoms with Crippen LogP contribution >= 0.6 is 0 Å². The van der Waals surface area contributed by atoms with Crippen LogP contribution in [0.3, 0.4) is 0 Å². The molecule has 0 saturated carbocycles.